The number of hydrogen-bond acceptors (Lipinski definition) is 5. The molecule has 1 amide bonds. The summed E-state index contributed by atoms with van der Waals surface area (Å²) < 4.78 is 0. The number of carbonyl (C=O) groups is 2. The predicted molar refractivity (Wildman–Crippen MR) is 114 cm³/mol. The van der Waals surface area contributed by atoms with Gasteiger partial charge in [-0.3, -0.25) is 19.7 Å². The molecular formula is C21H15ClN2O4S. The topological polar surface area (TPSA) is 89.3 Å². The zero-order valence-corrected chi connectivity index (χ0v) is 16.8. The van der Waals surface area contributed by atoms with Crippen molar-refractivity contribution in [1.82, 2.24) is 0 Å². The van der Waals surface area contributed by atoms with E-state index in [1.807, 2.05) is 0 Å². The Labute approximate surface area is 176 Å². The number of anilines is 1. The number of hydrogen-bond donors (Lipinski definition) is 1. The summed E-state index contributed by atoms with van der Waals surface area (Å²) in [5.74, 6) is -0.955. The molecule has 6 nitrogen and oxygen atoms in total. The fourth-order valence-electron chi connectivity index (χ4n) is 2.77. The highest BCUT2D eigenvalue weighted by molar-refractivity contribution is 7.98. The van der Waals surface area contributed by atoms with Crippen LogP contribution in [0, 0.1) is 10.1 Å². The Morgan fingerprint density at radius 3 is 2.38 bits per heavy atom. The van der Waals surface area contributed by atoms with Crippen molar-refractivity contribution >= 4 is 46.4 Å². The number of rotatable bonds is 6. The summed E-state index contributed by atoms with van der Waals surface area (Å²) in [6, 6.07) is 17.3. The Morgan fingerprint density at radius 1 is 1.00 bits per heavy atom. The average Bonchev–Trinajstić information content (AvgIpc) is 2.72. The molecule has 3 aromatic rings. The van der Waals surface area contributed by atoms with Crippen LogP contribution in [0.15, 0.2) is 71.6 Å². The summed E-state index contributed by atoms with van der Waals surface area (Å²) in [5.41, 5.74) is 0.790. The molecular weight excluding hydrogens is 412 g/mol. The molecule has 0 aromatic heterocycles. The van der Waals surface area contributed by atoms with Gasteiger partial charge in [0.05, 0.1) is 15.4 Å². The van der Waals surface area contributed by atoms with Gasteiger partial charge in [0.2, 0.25) is 0 Å². The van der Waals surface area contributed by atoms with Crippen molar-refractivity contribution in [3.8, 4) is 0 Å². The lowest BCUT2D eigenvalue weighted by molar-refractivity contribution is -0.387. The van der Waals surface area contributed by atoms with Crippen molar-refractivity contribution < 1.29 is 14.5 Å². The molecule has 0 bridgehead atoms. The van der Waals surface area contributed by atoms with Crippen molar-refractivity contribution in [1.29, 1.82) is 0 Å². The number of thioether (sulfide) groups is 1. The van der Waals surface area contributed by atoms with Crippen molar-refractivity contribution in [3.05, 3.63) is 98.6 Å². The number of nitrogens with one attached hydrogen (secondary N) is 1. The molecule has 3 aromatic carbocycles. The van der Waals surface area contributed by atoms with Crippen molar-refractivity contribution in [2.75, 3.05) is 11.6 Å². The molecule has 0 atom stereocenters. The van der Waals surface area contributed by atoms with Crippen LogP contribution in [0.5, 0.6) is 0 Å². The quantitative estimate of drug-likeness (QED) is 0.245. The van der Waals surface area contributed by atoms with Gasteiger partial charge in [0.25, 0.3) is 11.6 Å². The van der Waals surface area contributed by atoms with E-state index in [-0.39, 0.29) is 22.4 Å². The normalized spacial score (nSPS) is 10.4. The van der Waals surface area contributed by atoms with Crippen LogP contribution in [0.3, 0.4) is 0 Å². The van der Waals surface area contributed by atoms with E-state index in [9.17, 15) is 19.7 Å². The highest BCUT2D eigenvalue weighted by atomic mass is 35.5. The maximum atomic E-state index is 13.0. The molecule has 0 spiro atoms. The minimum absolute atomic E-state index is 0.137. The highest BCUT2D eigenvalue weighted by Crippen LogP contribution is 2.29. The molecule has 0 heterocycles. The van der Waals surface area contributed by atoms with Crippen LogP contribution in [-0.2, 0) is 0 Å². The lowest BCUT2D eigenvalue weighted by atomic mass is 9.97. The number of nitro benzene ring substituents is 1. The summed E-state index contributed by atoms with van der Waals surface area (Å²) in [6.45, 7) is 0. The van der Waals surface area contributed by atoms with Gasteiger partial charge in [-0.1, -0.05) is 35.9 Å². The molecule has 0 saturated carbocycles. The number of carbonyl (C=O) groups excluding carboxylic acids is 2. The third kappa shape index (κ3) is 4.64. The second-order valence-electron chi connectivity index (χ2n) is 5.98. The fraction of sp³-hybridized carbons (Fsp3) is 0.0476. The van der Waals surface area contributed by atoms with Gasteiger partial charge in [-0.05, 0) is 42.7 Å². The van der Waals surface area contributed by atoms with Gasteiger partial charge in [0.15, 0.2) is 5.78 Å². The standard InChI is InChI=1S/C21H15ClN2O4S/c1-29-19-10-9-13(11-18(19)24(27)28)20(25)16-7-2-3-8-17(16)21(26)23-15-6-4-5-14(22)12-15/h2-12H,1H3,(H,23,26). The first kappa shape index (κ1) is 20.6. The molecule has 1 N–H and O–H groups in total. The van der Waals surface area contributed by atoms with Crippen LogP contribution < -0.4 is 5.32 Å². The van der Waals surface area contributed by atoms with Crippen LogP contribution in [0.4, 0.5) is 11.4 Å². The molecule has 146 valence electrons. The molecule has 0 unspecified atom stereocenters. The first-order valence-corrected chi connectivity index (χ1v) is 10.0. The van der Waals surface area contributed by atoms with Crippen LogP contribution in [0.25, 0.3) is 0 Å². The van der Waals surface area contributed by atoms with Crippen molar-refractivity contribution in [3.63, 3.8) is 0 Å². The van der Waals surface area contributed by atoms with E-state index in [0.717, 1.165) is 0 Å². The average molecular weight is 427 g/mol. The first-order valence-electron chi connectivity index (χ1n) is 8.44. The van der Waals surface area contributed by atoms with Gasteiger partial charge in [-0.25, -0.2) is 0 Å². The molecule has 0 aliphatic rings. The monoisotopic (exact) mass is 426 g/mol. The summed E-state index contributed by atoms with van der Waals surface area (Å²) in [4.78, 5) is 37.0. The van der Waals surface area contributed by atoms with Crippen LogP contribution in [0.1, 0.15) is 26.3 Å². The number of benzene rings is 3. The van der Waals surface area contributed by atoms with Gasteiger partial charge >= 0.3 is 0 Å². The molecule has 29 heavy (non-hydrogen) atoms. The third-order valence-electron chi connectivity index (χ3n) is 4.14. The summed E-state index contributed by atoms with van der Waals surface area (Å²) in [5, 5.41) is 14.5. The predicted octanol–water partition coefficient (Wildman–Crippen LogP) is 5.45. The molecule has 0 saturated heterocycles. The number of halogens is 1. The maximum absolute atomic E-state index is 13.0. The van der Waals surface area contributed by atoms with Gasteiger partial charge in [0, 0.05) is 27.9 Å². The Balaban J connectivity index is 1.96. The fourth-order valence-corrected chi connectivity index (χ4v) is 3.51. The molecule has 0 aliphatic carbocycles. The summed E-state index contributed by atoms with van der Waals surface area (Å²) in [7, 11) is 0. The van der Waals surface area contributed by atoms with E-state index >= 15 is 0 Å². The highest BCUT2D eigenvalue weighted by Gasteiger charge is 2.22. The largest absolute Gasteiger partial charge is 0.322 e. The van der Waals surface area contributed by atoms with Gasteiger partial charge in [-0.15, -0.1) is 11.8 Å². The molecule has 0 radical (unpaired) electrons. The van der Waals surface area contributed by atoms with Crippen LogP contribution >= 0.6 is 23.4 Å². The molecule has 8 heteroatoms. The van der Waals surface area contributed by atoms with E-state index in [1.165, 1.54) is 42.1 Å². The summed E-state index contributed by atoms with van der Waals surface area (Å²) >= 11 is 7.16. The Kier molecular flexibility index (Phi) is 6.31. The smallest absolute Gasteiger partial charge is 0.283 e. The van der Waals surface area contributed by atoms with Crippen LogP contribution in [-0.4, -0.2) is 22.9 Å². The van der Waals surface area contributed by atoms with Crippen molar-refractivity contribution in [2.45, 2.75) is 4.90 Å². The lowest BCUT2D eigenvalue weighted by Gasteiger charge is -2.10. The lowest BCUT2D eigenvalue weighted by Crippen LogP contribution is -2.17. The number of ketones is 1. The zero-order valence-electron chi connectivity index (χ0n) is 15.2. The van der Waals surface area contributed by atoms with Gasteiger partial charge < -0.3 is 5.32 Å². The minimum atomic E-state index is -0.527. The first-order chi connectivity index (χ1) is 13.9. The minimum Gasteiger partial charge on any atom is -0.322 e. The van der Waals surface area contributed by atoms with Crippen LogP contribution in [0.2, 0.25) is 5.02 Å². The molecule has 0 fully saturated rings. The Hall–Kier alpha value is -3.16. The number of nitro groups is 1. The summed E-state index contributed by atoms with van der Waals surface area (Å²) in [6.07, 6.45) is 1.72. The number of amides is 1. The zero-order chi connectivity index (χ0) is 21.0. The van der Waals surface area contributed by atoms with E-state index < -0.39 is 16.6 Å². The molecule has 3 rings (SSSR count). The Bertz CT molecular complexity index is 1120. The van der Waals surface area contributed by atoms with Gasteiger partial charge in [-0.2, -0.15) is 0 Å². The Morgan fingerprint density at radius 2 is 1.72 bits per heavy atom. The SMILES string of the molecule is CSc1ccc(C(=O)c2ccccc2C(=O)Nc2cccc(Cl)c2)cc1[N+](=O)[O-]. The second kappa shape index (κ2) is 8.89. The molecule has 0 aliphatic heterocycles. The van der Waals surface area contributed by atoms with Crippen molar-refractivity contribution in [2.24, 2.45) is 0 Å². The maximum Gasteiger partial charge on any atom is 0.283 e. The van der Waals surface area contributed by atoms with Gasteiger partial charge in [0.1, 0.15) is 0 Å². The van der Waals surface area contributed by atoms with E-state index in [0.29, 0.717) is 15.6 Å². The second-order valence-corrected chi connectivity index (χ2v) is 7.27. The van der Waals surface area contributed by atoms with E-state index in [1.54, 1.807) is 42.7 Å². The van der Waals surface area contributed by atoms with E-state index in [4.69, 9.17) is 11.6 Å². The van der Waals surface area contributed by atoms with E-state index in [2.05, 4.69) is 5.32 Å². The third-order valence-corrected chi connectivity index (χ3v) is 5.16. The number of nitrogens with zero attached hydrogens (tertiary/aromatic N) is 1.